The van der Waals surface area contributed by atoms with Crippen LogP contribution in [0.25, 0.3) is 0 Å². The van der Waals surface area contributed by atoms with Gasteiger partial charge in [-0.2, -0.15) is 0 Å². The highest BCUT2D eigenvalue weighted by molar-refractivity contribution is 7.92. The van der Waals surface area contributed by atoms with E-state index in [9.17, 15) is 8.42 Å². The Morgan fingerprint density at radius 2 is 1.80 bits per heavy atom. The van der Waals surface area contributed by atoms with E-state index in [2.05, 4.69) is 15.6 Å². The van der Waals surface area contributed by atoms with E-state index in [1.54, 1.807) is 27.8 Å². The molecule has 0 aromatic rings. The van der Waals surface area contributed by atoms with E-state index < -0.39 is 14.6 Å². The van der Waals surface area contributed by atoms with Crippen LogP contribution in [0, 0.1) is 0 Å². The first-order valence-corrected chi connectivity index (χ1v) is 9.11. The van der Waals surface area contributed by atoms with E-state index in [0.29, 0.717) is 18.5 Å². The molecule has 1 fully saturated rings. The molecule has 0 saturated heterocycles. The van der Waals surface area contributed by atoms with Crippen molar-refractivity contribution < 1.29 is 8.42 Å². The van der Waals surface area contributed by atoms with Gasteiger partial charge in [-0.1, -0.05) is 19.3 Å². The number of hydrogen-bond donors (Lipinski definition) is 2. The van der Waals surface area contributed by atoms with Gasteiger partial charge < -0.3 is 10.6 Å². The van der Waals surface area contributed by atoms with Crippen molar-refractivity contribution in [2.75, 3.05) is 19.3 Å². The SMILES string of the molecule is CN=C(NCCS(=O)(=O)C(C)(C)C)NC1CCCCC1. The van der Waals surface area contributed by atoms with Gasteiger partial charge >= 0.3 is 0 Å². The normalized spacial score (nSPS) is 18.9. The predicted octanol–water partition coefficient (Wildman–Crippen LogP) is 1.70. The van der Waals surface area contributed by atoms with Gasteiger partial charge in [0.15, 0.2) is 15.8 Å². The molecule has 118 valence electrons. The largest absolute Gasteiger partial charge is 0.355 e. The summed E-state index contributed by atoms with van der Waals surface area (Å²) in [6.07, 6.45) is 6.16. The first kappa shape index (κ1) is 17.3. The minimum Gasteiger partial charge on any atom is -0.355 e. The third-order valence-electron chi connectivity index (χ3n) is 3.77. The Morgan fingerprint density at radius 3 is 2.30 bits per heavy atom. The molecule has 0 aliphatic heterocycles. The van der Waals surface area contributed by atoms with Crippen LogP contribution in [0.15, 0.2) is 4.99 Å². The molecule has 1 aliphatic carbocycles. The Hall–Kier alpha value is -0.780. The molecule has 0 radical (unpaired) electrons. The minimum atomic E-state index is -3.08. The second-order valence-electron chi connectivity index (χ2n) is 6.41. The number of nitrogens with one attached hydrogen (secondary N) is 2. The number of nitrogens with zero attached hydrogens (tertiary/aromatic N) is 1. The Morgan fingerprint density at radius 1 is 1.20 bits per heavy atom. The summed E-state index contributed by atoms with van der Waals surface area (Å²) in [5.74, 6) is 0.836. The van der Waals surface area contributed by atoms with E-state index in [1.165, 1.54) is 32.1 Å². The van der Waals surface area contributed by atoms with Crippen LogP contribution in [0.5, 0.6) is 0 Å². The summed E-state index contributed by atoms with van der Waals surface area (Å²) in [4.78, 5) is 4.16. The second-order valence-corrected chi connectivity index (χ2v) is 9.27. The Bertz CT molecular complexity index is 418. The molecule has 1 saturated carbocycles. The van der Waals surface area contributed by atoms with E-state index in [-0.39, 0.29) is 5.75 Å². The van der Waals surface area contributed by atoms with Crippen LogP contribution in [0.1, 0.15) is 52.9 Å². The molecule has 1 rings (SSSR count). The molecule has 0 bridgehead atoms. The Kier molecular flexibility index (Phi) is 6.30. The summed E-state index contributed by atoms with van der Waals surface area (Å²) in [7, 11) is -1.36. The molecule has 1 aliphatic rings. The zero-order valence-electron chi connectivity index (χ0n) is 13.2. The number of sulfone groups is 1. The number of guanidine groups is 1. The van der Waals surface area contributed by atoms with Crippen molar-refractivity contribution in [1.82, 2.24) is 10.6 Å². The molecule has 0 aromatic heterocycles. The van der Waals surface area contributed by atoms with Gasteiger partial charge in [-0.25, -0.2) is 8.42 Å². The quantitative estimate of drug-likeness (QED) is 0.612. The van der Waals surface area contributed by atoms with Gasteiger partial charge in [-0.15, -0.1) is 0 Å². The molecule has 5 nitrogen and oxygen atoms in total. The maximum Gasteiger partial charge on any atom is 0.191 e. The van der Waals surface area contributed by atoms with Gasteiger partial charge in [0.2, 0.25) is 0 Å². The highest BCUT2D eigenvalue weighted by atomic mass is 32.2. The maximum absolute atomic E-state index is 12.0. The van der Waals surface area contributed by atoms with Crippen LogP contribution in [0.4, 0.5) is 0 Å². The van der Waals surface area contributed by atoms with Gasteiger partial charge in [0.1, 0.15) is 0 Å². The molecular formula is C14H29N3O2S. The number of rotatable bonds is 4. The monoisotopic (exact) mass is 303 g/mol. The predicted molar refractivity (Wildman–Crippen MR) is 84.9 cm³/mol. The fourth-order valence-electron chi connectivity index (χ4n) is 2.24. The molecule has 0 atom stereocenters. The summed E-state index contributed by atoms with van der Waals surface area (Å²) in [5, 5.41) is 6.48. The average Bonchev–Trinajstić information content (AvgIpc) is 2.37. The fraction of sp³-hybridized carbons (Fsp3) is 0.929. The Balaban J connectivity index is 2.39. The first-order valence-electron chi connectivity index (χ1n) is 7.46. The van der Waals surface area contributed by atoms with Crippen LogP contribution in [-0.2, 0) is 9.84 Å². The van der Waals surface area contributed by atoms with Gasteiger partial charge in [0.05, 0.1) is 10.5 Å². The summed E-state index contributed by atoms with van der Waals surface area (Å²) < 4.78 is 23.3. The van der Waals surface area contributed by atoms with Crippen molar-refractivity contribution >= 4 is 15.8 Å². The number of aliphatic imine (C=N–C) groups is 1. The Labute approximate surface area is 123 Å². The minimum absolute atomic E-state index is 0.127. The highest BCUT2D eigenvalue weighted by Crippen LogP contribution is 2.17. The third-order valence-corrected chi connectivity index (χ3v) is 6.37. The van der Waals surface area contributed by atoms with Gasteiger partial charge in [0, 0.05) is 19.6 Å². The zero-order valence-corrected chi connectivity index (χ0v) is 14.0. The van der Waals surface area contributed by atoms with E-state index in [4.69, 9.17) is 0 Å². The molecule has 0 aromatic carbocycles. The lowest BCUT2D eigenvalue weighted by Crippen LogP contribution is -2.46. The van der Waals surface area contributed by atoms with Crippen molar-refractivity contribution in [2.45, 2.75) is 63.7 Å². The topological polar surface area (TPSA) is 70.6 Å². The zero-order chi connectivity index (χ0) is 15.2. The molecule has 20 heavy (non-hydrogen) atoms. The molecule has 0 heterocycles. The van der Waals surface area contributed by atoms with Gasteiger partial charge in [-0.05, 0) is 33.6 Å². The van der Waals surface area contributed by atoms with Crippen LogP contribution in [0.2, 0.25) is 0 Å². The smallest absolute Gasteiger partial charge is 0.191 e. The summed E-state index contributed by atoms with van der Waals surface area (Å²) in [6.45, 7) is 5.60. The van der Waals surface area contributed by atoms with Gasteiger partial charge in [-0.3, -0.25) is 4.99 Å². The standard InChI is InChI=1S/C14H29N3O2S/c1-14(2,3)20(18,19)11-10-16-13(15-4)17-12-8-6-5-7-9-12/h12H,5-11H2,1-4H3,(H2,15,16,17). The molecule has 2 N–H and O–H groups in total. The van der Waals surface area contributed by atoms with Crippen LogP contribution >= 0.6 is 0 Å². The average molecular weight is 303 g/mol. The maximum atomic E-state index is 12.0. The van der Waals surface area contributed by atoms with Crippen molar-refractivity contribution in [3.63, 3.8) is 0 Å². The van der Waals surface area contributed by atoms with E-state index in [1.807, 2.05) is 0 Å². The van der Waals surface area contributed by atoms with E-state index in [0.717, 1.165) is 0 Å². The van der Waals surface area contributed by atoms with Gasteiger partial charge in [0.25, 0.3) is 0 Å². The van der Waals surface area contributed by atoms with Crippen LogP contribution in [-0.4, -0.2) is 44.5 Å². The molecule has 0 spiro atoms. The number of hydrogen-bond acceptors (Lipinski definition) is 3. The second kappa shape index (κ2) is 7.29. The third kappa shape index (κ3) is 5.31. The van der Waals surface area contributed by atoms with Crippen molar-refractivity contribution in [1.29, 1.82) is 0 Å². The van der Waals surface area contributed by atoms with Crippen molar-refractivity contribution in [2.24, 2.45) is 4.99 Å². The highest BCUT2D eigenvalue weighted by Gasteiger charge is 2.28. The van der Waals surface area contributed by atoms with Crippen LogP contribution < -0.4 is 10.6 Å². The lowest BCUT2D eigenvalue weighted by molar-refractivity contribution is 0.410. The van der Waals surface area contributed by atoms with Crippen molar-refractivity contribution in [3.8, 4) is 0 Å². The molecule has 0 amide bonds. The van der Waals surface area contributed by atoms with E-state index >= 15 is 0 Å². The molecule has 0 unspecified atom stereocenters. The lowest BCUT2D eigenvalue weighted by atomic mass is 9.96. The fourth-order valence-corrected chi connectivity index (χ4v) is 3.23. The molecule has 6 heteroatoms. The summed E-state index contributed by atoms with van der Waals surface area (Å²) in [6, 6.07) is 0.467. The summed E-state index contributed by atoms with van der Waals surface area (Å²) in [5.41, 5.74) is 0. The van der Waals surface area contributed by atoms with Crippen molar-refractivity contribution in [3.05, 3.63) is 0 Å². The first-order chi connectivity index (χ1) is 9.26. The lowest BCUT2D eigenvalue weighted by Gasteiger charge is -2.25. The molecular weight excluding hydrogens is 274 g/mol. The summed E-state index contributed by atoms with van der Waals surface area (Å²) >= 11 is 0. The van der Waals surface area contributed by atoms with Crippen LogP contribution in [0.3, 0.4) is 0 Å².